The Morgan fingerprint density at radius 3 is 2.70 bits per heavy atom. The maximum Gasteiger partial charge on any atom is 0.226 e. The fraction of sp³-hybridized carbons (Fsp3) is 0.214. The number of amides is 1. The Hall–Kier alpha value is -1.95. The molecule has 0 aliphatic carbocycles. The monoisotopic (exact) mass is 334 g/mol. The van der Waals surface area contributed by atoms with E-state index >= 15 is 0 Å². The van der Waals surface area contributed by atoms with Crippen LogP contribution < -0.4 is 10.6 Å². The van der Waals surface area contributed by atoms with Crippen LogP contribution in [0.25, 0.3) is 0 Å². The summed E-state index contributed by atoms with van der Waals surface area (Å²) in [6.07, 6.45) is 1.87. The lowest BCUT2D eigenvalue weighted by atomic mass is 10.3. The van der Waals surface area contributed by atoms with E-state index in [0.29, 0.717) is 13.0 Å². The van der Waals surface area contributed by atoms with Crippen LogP contribution in [-0.2, 0) is 4.79 Å². The first-order valence-electron chi connectivity index (χ1n) is 6.21. The van der Waals surface area contributed by atoms with Gasteiger partial charge in [0.1, 0.15) is 12.1 Å². The van der Waals surface area contributed by atoms with Gasteiger partial charge in [-0.1, -0.05) is 15.9 Å². The molecule has 2 aromatic rings. The lowest BCUT2D eigenvalue weighted by Gasteiger charge is -2.07. The number of aromatic nitrogens is 2. The Morgan fingerprint density at radius 2 is 2.00 bits per heavy atom. The third kappa shape index (κ3) is 4.62. The van der Waals surface area contributed by atoms with Gasteiger partial charge in [0.05, 0.1) is 0 Å². The summed E-state index contributed by atoms with van der Waals surface area (Å²) in [5.41, 5.74) is 1.68. The van der Waals surface area contributed by atoms with Crippen molar-refractivity contribution in [2.75, 3.05) is 17.2 Å². The van der Waals surface area contributed by atoms with Crippen LogP contribution in [0.3, 0.4) is 0 Å². The average molecular weight is 335 g/mol. The van der Waals surface area contributed by atoms with Gasteiger partial charge < -0.3 is 10.6 Å². The highest BCUT2D eigenvalue weighted by atomic mass is 79.9. The van der Waals surface area contributed by atoms with E-state index in [9.17, 15) is 4.79 Å². The summed E-state index contributed by atoms with van der Waals surface area (Å²) in [6, 6.07) is 9.31. The van der Waals surface area contributed by atoms with Crippen molar-refractivity contribution >= 4 is 33.3 Å². The molecule has 1 amide bonds. The zero-order valence-electron chi connectivity index (χ0n) is 11.1. The largest absolute Gasteiger partial charge is 0.369 e. The first-order valence-corrected chi connectivity index (χ1v) is 7.01. The van der Waals surface area contributed by atoms with Crippen molar-refractivity contribution in [1.29, 1.82) is 0 Å². The van der Waals surface area contributed by atoms with E-state index in [2.05, 4.69) is 36.5 Å². The van der Waals surface area contributed by atoms with Gasteiger partial charge in [0.15, 0.2) is 0 Å². The van der Waals surface area contributed by atoms with Crippen molar-refractivity contribution in [3.05, 3.63) is 46.8 Å². The first kappa shape index (κ1) is 14.5. The molecule has 0 fully saturated rings. The van der Waals surface area contributed by atoms with E-state index in [1.165, 1.54) is 6.33 Å². The van der Waals surface area contributed by atoms with Crippen LogP contribution >= 0.6 is 15.9 Å². The molecule has 5 nitrogen and oxygen atoms in total. The first-order chi connectivity index (χ1) is 9.63. The maximum absolute atomic E-state index is 11.8. The van der Waals surface area contributed by atoms with Gasteiger partial charge in [0.2, 0.25) is 5.91 Å². The number of rotatable bonds is 5. The summed E-state index contributed by atoms with van der Waals surface area (Å²) in [5.74, 6) is 0.694. The molecule has 2 rings (SSSR count). The number of anilines is 2. The quantitative estimate of drug-likeness (QED) is 0.882. The second-order valence-corrected chi connectivity index (χ2v) is 5.19. The molecule has 104 valence electrons. The van der Waals surface area contributed by atoms with Gasteiger partial charge in [-0.05, 0) is 31.2 Å². The van der Waals surface area contributed by atoms with E-state index in [-0.39, 0.29) is 5.91 Å². The third-order valence-corrected chi connectivity index (χ3v) is 3.12. The highest BCUT2D eigenvalue weighted by Crippen LogP contribution is 2.14. The molecule has 1 aromatic carbocycles. The fourth-order valence-electron chi connectivity index (χ4n) is 1.61. The zero-order valence-corrected chi connectivity index (χ0v) is 12.6. The smallest absolute Gasteiger partial charge is 0.226 e. The van der Waals surface area contributed by atoms with Crippen molar-refractivity contribution < 1.29 is 4.79 Å². The van der Waals surface area contributed by atoms with Crippen molar-refractivity contribution in [1.82, 2.24) is 9.97 Å². The summed E-state index contributed by atoms with van der Waals surface area (Å²) in [7, 11) is 0. The minimum Gasteiger partial charge on any atom is -0.369 e. The molecule has 0 aliphatic heterocycles. The number of nitrogens with one attached hydrogen (secondary N) is 2. The van der Waals surface area contributed by atoms with Crippen LogP contribution in [0.5, 0.6) is 0 Å². The van der Waals surface area contributed by atoms with Crippen LogP contribution in [0.15, 0.2) is 41.1 Å². The van der Waals surface area contributed by atoms with Crippen LogP contribution in [0, 0.1) is 6.92 Å². The summed E-state index contributed by atoms with van der Waals surface area (Å²) in [6.45, 7) is 2.42. The molecule has 0 aliphatic rings. The van der Waals surface area contributed by atoms with Gasteiger partial charge in [-0.2, -0.15) is 0 Å². The fourth-order valence-corrected chi connectivity index (χ4v) is 1.88. The number of benzene rings is 1. The molecule has 0 saturated heterocycles. The lowest BCUT2D eigenvalue weighted by molar-refractivity contribution is -0.115. The topological polar surface area (TPSA) is 66.9 Å². The Morgan fingerprint density at radius 1 is 1.25 bits per heavy atom. The molecule has 1 heterocycles. The van der Waals surface area contributed by atoms with Crippen molar-refractivity contribution in [3.63, 3.8) is 0 Å². The molecule has 0 atom stereocenters. The molecule has 0 spiro atoms. The van der Waals surface area contributed by atoms with E-state index in [0.717, 1.165) is 21.7 Å². The van der Waals surface area contributed by atoms with Crippen LogP contribution in [-0.4, -0.2) is 22.4 Å². The van der Waals surface area contributed by atoms with Crippen molar-refractivity contribution in [2.24, 2.45) is 0 Å². The predicted octanol–water partition coefficient (Wildman–Crippen LogP) is 2.99. The minimum atomic E-state index is -0.0365. The third-order valence-electron chi connectivity index (χ3n) is 2.59. The Bertz CT molecular complexity index is 586. The minimum absolute atomic E-state index is 0.0365. The number of hydrogen-bond donors (Lipinski definition) is 2. The van der Waals surface area contributed by atoms with Gasteiger partial charge in [0.25, 0.3) is 0 Å². The van der Waals surface area contributed by atoms with Crippen molar-refractivity contribution in [3.8, 4) is 0 Å². The second kappa shape index (κ2) is 7.00. The van der Waals surface area contributed by atoms with Crippen LogP contribution in [0.4, 0.5) is 11.5 Å². The Labute approximate surface area is 126 Å². The predicted molar refractivity (Wildman–Crippen MR) is 82.6 cm³/mol. The molecule has 0 radical (unpaired) electrons. The molecule has 0 bridgehead atoms. The number of hydrogen-bond acceptors (Lipinski definition) is 4. The van der Waals surface area contributed by atoms with Crippen LogP contribution in [0.1, 0.15) is 12.1 Å². The van der Waals surface area contributed by atoms with E-state index in [1.807, 2.05) is 37.3 Å². The molecule has 0 saturated carbocycles. The van der Waals surface area contributed by atoms with Gasteiger partial charge in [0, 0.05) is 34.9 Å². The normalized spacial score (nSPS) is 10.1. The summed E-state index contributed by atoms with van der Waals surface area (Å²) in [4.78, 5) is 19.8. The second-order valence-electron chi connectivity index (χ2n) is 4.28. The number of aryl methyl sites for hydroxylation is 1. The molecule has 1 aromatic heterocycles. The standard InChI is InChI=1S/C14H15BrN4O/c1-10-8-13(18-9-17-10)16-7-6-14(20)19-12-4-2-11(15)3-5-12/h2-5,8-9H,6-7H2,1H3,(H,19,20)(H,16,17,18). The summed E-state index contributed by atoms with van der Waals surface area (Å²) < 4.78 is 0.983. The Balaban J connectivity index is 1.76. The number of nitrogens with zero attached hydrogens (tertiary/aromatic N) is 2. The van der Waals surface area contributed by atoms with E-state index < -0.39 is 0 Å². The lowest BCUT2D eigenvalue weighted by Crippen LogP contribution is -2.16. The van der Waals surface area contributed by atoms with Gasteiger partial charge in [-0.3, -0.25) is 4.79 Å². The van der Waals surface area contributed by atoms with Gasteiger partial charge in [-0.15, -0.1) is 0 Å². The number of halogens is 1. The number of carbonyl (C=O) groups excluding carboxylic acids is 1. The molecule has 20 heavy (non-hydrogen) atoms. The van der Waals surface area contributed by atoms with Gasteiger partial charge >= 0.3 is 0 Å². The SMILES string of the molecule is Cc1cc(NCCC(=O)Nc2ccc(Br)cc2)ncn1. The molecule has 6 heteroatoms. The summed E-state index contributed by atoms with van der Waals surface area (Å²) >= 11 is 3.35. The van der Waals surface area contributed by atoms with E-state index in [1.54, 1.807) is 0 Å². The summed E-state index contributed by atoms with van der Waals surface area (Å²) in [5, 5.41) is 5.93. The maximum atomic E-state index is 11.8. The average Bonchev–Trinajstić information content (AvgIpc) is 2.41. The highest BCUT2D eigenvalue weighted by molar-refractivity contribution is 9.10. The highest BCUT2D eigenvalue weighted by Gasteiger charge is 2.02. The molecule has 0 unspecified atom stereocenters. The number of carbonyl (C=O) groups is 1. The molecule has 2 N–H and O–H groups in total. The Kier molecular flexibility index (Phi) is 5.06. The van der Waals surface area contributed by atoms with Crippen LogP contribution in [0.2, 0.25) is 0 Å². The van der Waals surface area contributed by atoms with Gasteiger partial charge in [-0.25, -0.2) is 9.97 Å². The van der Waals surface area contributed by atoms with Crippen molar-refractivity contribution in [2.45, 2.75) is 13.3 Å². The zero-order chi connectivity index (χ0) is 14.4. The molecular weight excluding hydrogens is 320 g/mol. The van der Waals surface area contributed by atoms with E-state index in [4.69, 9.17) is 0 Å². The molecular formula is C14H15BrN4O.